The smallest absolute Gasteiger partial charge is 0.223 e. The molecule has 0 radical (unpaired) electrons. The van der Waals surface area contributed by atoms with Gasteiger partial charge in [-0.2, -0.15) is 0 Å². The van der Waals surface area contributed by atoms with Gasteiger partial charge in [-0.05, 0) is 50.1 Å². The minimum Gasteiger partial charge on any atom is -0.354 e. The van der Waals surface area contributed by atoms with Crippen molar-refractivity contribution in [3.8, 4) is 0 Å². The molecule has 1 amide bonds. The number of rotatable bonds is 5. The van der Waals surface area contributed by atoms with Gasteiger partial charge in [0.15, 0.2) is 0 Å². The minimum absolute atomic E-state index is 0. The number of carbonyl (C=O) groups is 1. The van der Waals surface area contributed by atoms with E-state index in [0.29, 0.717) is 16.6 Å². The molecule has 6 heteroatoms. The Bertz CT molecular complexity index is 461. The molecule has 0 aromatic heterocycles. The Kier molecular flexibility index (Phi) is 6.59. The zero-order valence-electron chi connectivity index (χ0n) is 11.5. The maximum Gasteiger partial charge on any atom is 0.223 e. The molecule has 0 saturated heterocycles. The molecule has 1 saturated carbocycles. The number of halogens is 3. The van der Waals surface area contributed by atoms with Gasteiger partial charge in [-0.15, -0.1) is 12.4 Å². The zero-order chi connectivity index (χ0) is 14.0. The third kappa shape index (κ3) is 4.52. The fourth-order valence-electron chi connectivity index (χ4n) is 2.13. The number of benzene rings is 1. The van der Waals surface area contributed by atoms with E-state index in [-0.39, 0.29) is 36.2 Å². The highest BCUT2D eigenvalue weighted by atomic mass is 35.5. The predicted octanol–water partition coefficient (Wildman–Crippen LogP) is 3.24. The maximum atomic E-state index is 12.0. The normalized spacial score (nSPS) is 21.8. The van der Waals surface area contributed by atoms with Crippen LogP contribution in [0.1, 0.15) is 24.8 Å². The molecule has 1 fully saturated rings. The molecule has 0 heterocycles. The molecule has 0 aliphatic heterocycles. The second-order valence-corrected chi connectivity index (χ2v) is 5.96. The molecule has 1 aliphatic carbocycles. The molecule has 0 bridgehead atoms. The first-order chi connectivity index (χ1) is 9.01. The van der Waals surface area contributed by atoms with Crippen molar-refractivity contribution < 1.29 is 4.79 Å². The van der Waals surface area contributed by atoms with E-state index in [1.807, 2.05) is 26.1 Å². The van der Waals surface area contributed by atoms with Crippen molar-refractivity contribution in [1.29, 1.82) is 0 Å². The van der Waals surface area contributed by atoms with Gasteiger partial charge < -0.3 is 10.6 Å². The summed E-state index contributed by atoms with van der Waals surface area (Å²) in [5, 5.41) is 7.29. The molecule has 1 aliphatic rings. The predicted molar refractivity (Wildman–Crippen MR) is 86.1 cm³/mol. The fraction of sp³-hybridized carbons (Fsp3) is 0.500. The van der Waals surface area contributed by atoms with E-state index >= 15 is 0 Å². The van der Waals surface area contributed by atoms with E-state index in [4.69, 9.17) is 23.2 Å². The molecule has 0 spiro atoms. The highest BCUT2D eigenvalue weighted by Crippen LogP contribution is 2.48. The van der Waals surface area contributed by atoms with Crippen molar-refractivity contribution in [2.24, 2.45) is 5.92 Å². The largest absolute Gasteiger partial charge is 0.354 e. The van der Waals surface area contributed by atoms with E-state index < -0.39 is 0 Å². The number of carbonyl (C=O) groups excluding carboxylic acids is 1. The summed E-state index contributed by atoms with van der Waals surface area (Å²) in [7, 11) is 1.88. The molecule has 3 atom stereocenters. The summed E-state index contributed by atoms with van der Waals surface area (Å²) in [5.41, 5.74) is 1.05. The average molecular weight is 338 g/mol. The quantitative estimate of drug-likeness (QED) is 0.866. The topological polar surface area (TPSA) is 41.1 Å². The number of nitrogens with one attached hydrogen (secondary N) is 2. The van der Waals surface area contributed by atoms with Gasteiger partial charge in [0.2, 0.25) is 5.91 Å². The summed E-state index contributed by atoms with van der Waals surface area (Å²) >= 11 is 12.0. The summed E-state index contributed by atoms with van der Waals surface area (Å²) in [6.45, 7) is 2.68. The van der Waals surface area contributed by atoms with Crippen LogP contribution in [0.15, 0.2) is 18.2 Å². The molecular weight excluding hydrogens is 319 g/mol. The average Bonchev–Trinajstić information content (AvgIpc) is 3.14. The van der Waals surface area contributed by atoms with E-state index in [0.717, 1.165) is 12.0 Å². The molecule has 1 aromatic carbocycles. The molecule has 3 unspecified atom stereocenters. The van der Waals surface area contributed by atoms with Crippen molar-refractivity contribution in [1.82, 2.24) is 10.6 Å². The second-order valence-electron chi connectivity index (χ2n) is 5.09. The van der Waals surface area contributed by atoms with Crippen LogP contribution in [-0.2, 0) is 4.79 Å². The molecule has 3 nitrogen and oxygen atoms in total. The molecule has 2 rings (SSSR count). The van der Waals surface area contributed by atoms with Crippen LogP contribution in [0.4, 0.5) is 0 Å². The van der Waals surface area contributed by atoms with Crippen LogP contribution < -0.4 is 10.6 Å². The molecular formula is C14H19Cl3N2O. The standard InChI is InChI=1S/C14H18Cl2N2O.ClH/c1-8(17-2)7-18-14(19)13-6-12(13)9-3-10(15)5-11(16)4-9;/h3-5,8,12-13,17H,6-7H2,1-2H3,(H,18,19);1H. The van der Waals surface area contributed by atoms with Crippen molar-refractivity contribution in [2.45, 2.75) is 25.3 Å². The van der Waals surface area contributed by atoms with Crippen LogP contribution in [0, 0.1) is 5.92 Å². The lowest BCUT2D eigenvalue weighted by atomic mass is 10.1. The van der Waals surface area contributed by atoms with E-state index in [1.165, 1.54) is 0 Å². The van der Waals surface area contributed by atoms with Crippen LogP contribution >= 0.6 is 35.6 Å². The Hall–Kier alpha value is -0.480. The van der Waals surface area contributed by atoms with Crippen LogP contribution in [-0.4, -0.2) is 25.5 Å². The summed E-state index contributed by atoms with van der Waals surface area (Å²) in [4.78, 5) is 12.0. The third-order valence-corrected chi connectivity index (χ3v) is 3.95. The number of amides is 1. The van der Waals surface area contributed by atoms with Crippen LogP contribution in [0.5, 0.6) is 0 Å². The zero-order valence-corrected chi connectivity index (χ0v) is 13.8. The second kappa shape index (κ2) is 7.51. The highest BCUT2D eigenvalue weighted by molar-refractivity contribution is 6.34. The SMILES string of the molecule is CNC(C)CNC(=O)C1CC1c1cc(Cl)cc(Cl)c1.Cl. The van der Waals surface area contributed by atoms with E-state index in [2.05, 4.69) is 10.6 Å². The number of likely N-dealkylation sites (N-methyl/N-ethyl adjacent to an activating group) is 1. The van der Waals surface area contributed by atoms with Gasteiger partial charge in [0.05, 0.1) is 0 Å². The Morgan fingerprint density at radius 1 is 1.35 bits per heavy atom. The van der Waals surface area contributed by atoms with Crippen LogP contribution in [0.2, 0.25) is 10.0 Å². The monoisotopic (exact) mass is 336 g/mol. The summed E-state index contributed by atoms with van der Waals surface area (Å²) in [6.07, 6.45) is 0.871. The first kappa shape index (κ1) is 17.6. The Labute approximate surface area is 135 Å². The van der Waals surface area contributed by atoms with Gasteiger partial charge >= 0.3 is 0 Å². The molecule has 20 heavy (non-hydrogen) atoms. The first-order valence-electron chi connectivity index (χ1n) is 6.42. The molecule has 112 valence electrons. The van der Waals surface area contributed by atoms with Gasteiger partial charge in [-0.3, -0.25) is 4.79 Å². The van der Waals surface area contributed by atoms with Crippen LogP contribution in [0.3, 0.4) is 0 Å². The molecule has 1 aromatic rings. The van der Waals surface area contributed by atoms with Crippen molar-refractivity contribution in [3.05, 3.63) is 33.8 Å². The Morgan fingerprint density at radius 3 is 2.50 bits per heavy atom. The Balaban J connectivity index is 0.00000200. The van der Waals surface area contributed by atoms with Crippen molar-refractivity contribution in [2.75, 3.05) is 13.6 Å². The summed E-state index contributed by atoms with van der Waals surface area (Å²) < 4.78 is 0. The van der Waals surface area contributed by atoms with Crippen molar-refractivity contribution >= 4 is 41.5 Å². The first-order valence-corrected chi connectivity index (χ1v) is 7.18. The summed E-state index contributed by atoms with van der Waals surface area (Å²) in [6, 6.07) is 5.77. The van der Waals surface area contributed by atoms with Gasteiger partial charge in [-0.25, -0.2) is 0 Å². The van der Waals surface area contributed by atoms with Gasteiger partial charge in [0.25, 0.3) is 0 Å². The molecule has 2 N–H and O–H groups in total. The lowest BCUT2D eigenvalue weighted by Crippen LogP contribution is -2.37. The van der Waals surface area contributed by atoms with Gasteiger partial charge in [-0.1, -0.05) is 23.2 Å². The van der Waals surface area contributed by atoms with Gasteiger partial charge in [0.1, 0.15) is 0 Å². The third-order valence-electron chi connectivity index (χ3n) is 3.52. The lowest BCUT2D eigenvalue weighted by Gasteiger charge is -2.11. The fourth-order valence-corrected chi connectivity index (χ4v) is 2.67. The van der Waals surface area contributed by atoms with E-state index in [9.17, 15) is 4.79 Å². The number of hydrogen-bond acceptors (Lipinski definition) is 2. The van der Waals surface area contributed by atoms with Gasteiger partial charge in [0, 0.05) is 28.5 Å². The Morgan fingerprint density at radius 2 is 1.95 bits per heavy atom. The number of hydrogen-bond donors (Lipinski definition) is 2. The summed E-state index contributed by atoms with van der Waals surface area (Å²) in [5.74, 6) is 0.419. The van der Waals surface area contributed by atoms with Crippen LogP contribution in [0.25, 0.3) is 0 Å². The van der Waals surface area contributed by atoms with Crippen molar-refractivity contribution in [3.63, 3.8) is 0 Å². The maximum absolute atomic E-state index is 12.0. The highest BCUT2D eigenvalue weighted by Gasteiger charge is 2.44. The van der Waals surface area contributed by atoms with E-state index in [1.54, 1.807) is 6.07 Å². The minimum atomic E-state index is 0. The lowest BCUT2D eigenvalue weighted by molar-refractivity contribution is -0.122.